The van der Waals surface area contributed by atoms with Crippen LogP contribution in [-0.2, 0) is 6.54 Å². The molecule has 1 aromatic heterocycles. The minimum absolute atomic E-state index is 0.104. The predicted molar refractivity (Wildman–Crippen MR) is 84.6 cm³/mol. The lowest BCUT2D eigenvalue weighted by Crippen LogP contribution is -2.15. The Morgan fingerprint density at radius 2 is 1.95 bits per heavy atom. The third kappa shape index (κ3) is 2.93. The van der Waals surface area contributed by atoms with E-state index in [1.807, 2.05) is 25.1 Å². The van der Waals surface area contributed by atoms with Gasteiger partial charge in [0.15, 0.2) is 0 Å². The van der Waals surface area contributed by atoms with Crippen molar-refractivity contribution < 1.29 is 4.74 Å². The molecule has 3 nitrogen and oxygen atoms in total. The molecule has 0 amide bonds. The van der Waals surface area contributed by atoms with Crippen molar-refractivity contribution in [2.45, 2.75) is 39.6 Å². The number of aromatic nitrogens is 2. The average Bonchev–Trinajstić information content (AvgIpc) is 2.76. The second-order valence-corrected chi connectivity index (χ2v) is 6.43. The molecule has 2 aromatic rings. The van der Waals surface area contributed by atoms with E-state index >= 15 is 0 Å². The van der Waals surface area contributed by atoms with Crippen LogP contribution >= 0.6 is 11.6 Å². The van der Waals surface area contributed by atoms with Gasteiger partial charge >= 0.3 is 0 Å². The van der Waals surface area contributed by atoms with Gasteiger partial charge in [0.05, 0.1) is 23.5 Å². The summed E-state index contributed by atoms with van der Waals surface area (Å²) >= 11 is 6.30. The van der Waals surface area contributed by atoms with Gasteiger partial charge in [-0.15, -0.1) is 11.6 Å². The summed E-state index contributed by atoms with van der Waals surface area (Å²) < 4.78 is 7.56. The van der Waals surface area contributed by atoms with E-state index in [4.69, 9.17) is 16.3 Å². The SMILES string of the molecule is COc1ccc2nc(C(C)Cl)n(CC(C)C(C)C)c2c1. The molecule has 0 saturated heterocycles. The summed E-state index contributed by atoms with van der Waals surface area (Å²) in [5.74, 6) is 2.97. The highest BCUT2D eigenvalue weighted by molar-refractivity contribution is 6.20. The molecule has 0 aliphatic heterocycles. The van der Waals surface area contributed by atoms with Crippen molar-refractivity contribution in [3.05, 3.63) is 24.0 Å². The molecule has 1 heterocycles. The summed E-state index contributed by atoms with van der Waals surface area (Å²) in [6.45, 7) is 9.64. The quantitative estimate of drug-likeness (QED) is 0.751. The summed E-state index contributed by atoms with van der Waals surface area (Å²) in [6.07, 6.45) is 0. The number of ether oxygens (including phenoxy) is 1. The molecule has 110 valence electrons. The molecule has 2 unspecified atom stereocenters. The van der Waals surface area contributed by atoms with Crippen LogP contribution in [0.25, 0.3) is 11.0 Å². The normalized spacial score (nSPS) is 14.8. The van der Waals surface area contributed by atoms with Crippen LogP contribution in [0.2, 0.25) is 0 Å². The van der Waals surface area contributed by atoms with Gasteiger partial charge in [-0.1, -0.05) is 20.8 Å². The Morgan fingerprint density at radius 3 is 2.50 bits per heavy atom. The summed E-state index contributed by atoms with van der Waals surface area (Å²) in [5.41, 5.74) is 2.07. The third-order valence-corrected chi connectivity index (χ3v) is 4.14. The molecular weight excluding hydrogens is 272 g/mol. The van der Waals surface area contributed by atoms with Crippen LogP contribution < -0.4 is 4.74 Å². The third-order valence-electron chi connectivity index (χ3n) is 3.95. The first kappa shape index (κ1) is 15.2. The van der Waals surface area contributed by atoms with Crippen molar-refractivity contribution in [2.24, 2.45) is 11.8 Å². The number of halogens is 1. The van der Waals surface area contributed by atoms with Gasteiger partial charge in [-0.2, -0.15) is 0 Å². The van der Waals surface area contributed by atoms with Gasteiger partial charge < -0.3 is 9.30 Å². The summed E-state index contributed by atoms with van der Waals surface area (Å²) in [6, 6.07) is 5.97. The lowest BCUT2D eigenvalue weighted by atomic mass is 9.98. The largest absolute Gasteiger partial charge is 0.497 e. The molecule has 0 saturated carbocycles. The standard InChI is InChI=1S/C16H23ClN2O/c1-10(2)11(3)9-19-15-8-13(20-5)6-7-14(15)18-16(19)12(4)17/h6-8,10-12H,9H2,1-5H3. The first-order chi connectivity index (χ1) is 9.43. The molecule has 2 rings (SSSR count). The lowest BCUT2D eigenvalue weighted by molar-refractivity contribution is 0.364. The molecule has 0 N–H and O–H groups in total. The fourth-order valence-electron chi connectivity index (χ4n) is 2.24. The van der Waals surface area contributed by atoms with E-state index in [9.17, 15) is 0 Å². The molecule has 0 fully saturated rings. The molecule has 4 heteroatoms. The highest BCUT2D eigenvalue weighted by Gasteiger charge is 2.18. The Balaban J connectivity index is 2.54. The van der Waals surface area contributed by atoms with Crippen molar-refractivity contribution in [1.29, 1.82) is 0 Å². The minimum atomic E-state index is -0.104. The molecule has 0 aliphatic rings. The summed E-state index contributed by atoms with van der Waals surface area (Å²) in [7, 11) is 1.68. The van der Waals surface area contributed by atoms with Crippen molar-refractivity contribution in [2.75, 3.05) is 7.11 Å². The number of fused-ring (bicyclic) bond motifs is 1. The van der Waals surface area contributed by atoms with Gasteiger partial charge in [-0.25, -0.2) is 4.98 Å². The van der Waals surface area contributed by atoms with Gasteiger partial charge in [0.1, 0.15) is 11.6 Å². The van der Waals surface area contributed by atoms with Crippen molar-refractivity contribution in [3.63, 3.8) is 0 Å². The van der Waals surface area contributed by atoms with Crippen LogP contribution in [0.4, 0.5) is 0 Å². The van der Waals surface area contributed by atoms with Crippen molar-refractivity contribution in [3.8, 4) is 5.75 Å². The van der Waals surface area contributed by atoms with Crippen molar-refractivity contribution >= 4 is 22.6 Å². The number of alkyl halides is 1. The first-order valence-electron chi connectivity index (χ1n) is 7.12. The number of hydrogen-bond acceptors (Lipinski definition) is 2. The minimum Gasteiger partial charge on any atom is -0.497 e. The maximum atomic E-state index is 6.30. The van der Waals surface area contributed by atoms with Crippen LogP contribution in [0.5, 0.6) is 5.75 Å². The zero-order valence-corrected chi connectivity index (χ0v) is 13.6. The van der Waals surface area contributed by atoms with Crippen LogP contribution in [0, 0.1) is 11.8 Å². The molecule has 20 heavy (non-hydrogen) atoms. The lowest BCUT2D eigenvalue weighted by Gasteiger charge is -2.19. The molecule has 0 radical (unpaired) electrons. The first-order valence-corrected chi connectivity index (χ1v) is 7.56. The number of imidazole rings is 1. The van der Waals surface area contributed by atoms with E-state index in [0.717, 1.165) is 29.2 Å². The van der Waals surface area contributed by atoms with E-state index in [-0.39, 0.29) is 5.38 Å². The highest BCUT2D eigenvalue weighted by Crippen LogP contribution is 2.29. The Morgan fingerprint density at radius 1 is 1.25 bits per heavy atom. The van der Waals surface area contributed by atoms with Gasteiger partial charge in [-0.05, 0) is 30.9 Å². The summed E-state index contributed by atoms with van der Waals surface area (Å²) in [5, 5.41) is -0.104. The second-order valence-electron chi connectivity index (χ2n) is 5.77. The molecule has 0 aliphatic carbocycles. The summed E-state index contributed by atoms with van der Waals surface area (Å²) in [4.78, 5) is 4.68. The number of methoxy groups -OCH3 is 1. The van der Waals surface area contributed by atoms with Crippen LogP contribution in [0.1, 0.15) is 38.9 Å². The zero-order valence-electron chi connectivity index (χ0n) is 12.9. The van der Waals surface area contributed by atoms with E-state index < -0.39 is 0 Å². The molecular formula is C16H23ClN2O. The average molecular weight is 295 g/mol. The Hall–Kier alpha value is -1.22. The van der Waals surface area contributed by atoms with Gasteiger partial charge in [0.2, 0.25) is 0 Å². The number of hydrogen-bond donors (Lipinski definition) is 0. The van der Waals surface area contributed by atoms with E-state index in [1.54, 1.807) is 7.11 Å². The number of nitrogens with zero attached hydrogens (tertiary/aromatic N) is 2. The second kappa shape index (κ2) is 6.04. The van der Waals surface area contributed by atoms with Crippen LogP contribution in [0.3, 0.4) is 0 Å². The van der Waals surface area contributed by atoms with Crippen LogP contribution in [0.15, 0.2) is 18.2 Å². The van der Waals surface area contributed by atoms with Gasteiger partial charge in [0, 0.05) is 12.6 Å². The molecule has 0 spiro atoms. The van der Waals surface area contributed by atoms with Gasteiger partial charge in [-0.3, -0.25) is 0 Å². The smallest absolute Gasteiger partial charge is 0.127 e. The van der Waals surface area contributed by atoms with Crippen molar-refractivity contribution in [1.82, 2.24) is 9.55 Å². The van der Waals surface area contributed by atoms with Crippen LogP contribution in [-0.4, -0.2) is 16.7 Å². The highest BCUT2D eigenvalue weighted by atomic mass is 35.5. The molecule has 2 atom stereocenters. The monoisotopic (exact) mass is 294 g/mol. The Kier molecular flexibility index (Phi) is 4.59. The van der Waals surface area contributed by atoms with E-state index in [2.05, 4.69) is 30.3 Å². The Bertz CT molecular complexity index is 589. The number of rotatable bonds is 5. The maximum absolute atomic E-state index is 6.30. The van der Waals surface area contributed by atoms with Gasteiger partial charge in [0.25, 0.3) is 0 Å². The predicted octanol–water partition coefficient (Wildman–Crippen LogP) is 4.64. The number of benzene rings is 1. The Labute approximate surface area is 125 Å². The molecule has 0 bridgehead atoms. The molecule has 1 aromatic carbocycles. The topological polar surface area (TPSA) is 27.1 Å². The van der Waals surface area contributed by atoms with E-state index in [0.29, 0.717) is 11.8 Å². The maximum Gasteiger partial charge on any atom is 0.127 e. The fraction of sp³-hybridized carbons (Fsp3) is 0.562. The fourth-order valence-corrected chi connectivity index (χ4v) is 2.41. The van der Waals surface area contributed by atoms with E-state index in [1.165, 1.54) is 0 Å². The zero-order chi connectivity index (χ0) is 14.9.